The molecule has 8 aromatic carbocycles. The van der Waals surface area contributed by atoms with Crippen molar-refractivity contribution in [1.29, 1.82) is 0 Å². The Morgan fingerprint density at radius 2 is 0.617 bits per heavy atom. The van der Waals surface area contributed by atoms with Crippen molar-refractivity contribution in [2.24, 2.45) is 0 Å². The number of aromatic nitrogens is 3. The fraction of sp³-hybridized carbons (Fsp3) is 0.105. The van der Waals surface area contributed by atoms with E-state index in [-0.39, 0.29) is 10.8 Å². The van der Waals surface area contributed by atoms with Crippen LogP contribution >= 0.6 is 0 Å². The normalized spacial score (nSPS) is 13.9. The van der Waals surface area contributed by atoms with E-state index in [0.29, 0.717) is 17.5 Å². The van der Waals surface area contributed by atoms with E-state index < -0.39 is 0 Å². The molecule has 2 aliphatic rings. The topological polar surface area (TPSA) is 38.7 Å². The van der Waals surface area contributed by atoms with Gasteiger partial charge in [-0.05, 0) is 108 Å². The van der Waals surface area contributed by atoms with E-state index in [1.54, 1.807) is 0 Å². The number of nitrogens with zero attached hydrogens (tertiary/aromatic N) is 3. The molecule has 3 heteroatoms. The lowest BCUT2D eigenvalue weighted by molar-refractivity contribution is 0.652. The molecule has 0 bridgehead atoms. The van der Waals surface area contributed by atoms with E-state index in [1.807, 2.05) is 36.4 Å². The van der Waals surface area contributed by atoms with Crippen molar-refractivity contribution in [3.8, 4) is 89.8 Å². The number of hydrogen-bond donors (Lipinski definition) is 0. The van der Waals surface area contributed by atoms with Crippen LogP contribution in [-0.4, -0.2) is 15.0 Å². The molecule has 286 valence electrons. The smallest absolute Gasteiger partial charge is 0.164 e. The highest BCUT2D eigenvalue weighted by Gasteiger charge is 2.41. The molecule has 1 heterocycles. The standard InChI is InChI=1S/C57H43N3/c1-56(2)49-24-12-11-23-45(49)47-34-52-48(35-51(47)56)46-33-43(29-30-50(46)57(52,3)4)41-20-13-19-40(31-41)42-21-14-22-44(32-42)55-59-53(38-17-9-6-10-18-38)58-54(60-55)39-27-25-37(26-28-39)36-15-7-5-8-16-36/h5-35H,1-4H3. The second-order valence-corrected chi connectivity index (χ2v) is 17.3. The van der Waals surface area contributed by atoms with Crippen molar-refractivity contribution in [3.05, 3.63) is 210 Å². The fourth-order valence-corrected chi connectivity index (χ4v) is 9.63. The van der Waals surface area contributed by atoms with Crippen molar-refractivity contribution in [3.63, 3.8) is 0 Å². The van der Waals surface area contributed by atoms with Gasteiger partial charge in [-0.1, -0.05) is 185 Å². The molecule has 9 aromatic rings. The Kier molecular flexibility index (Phi) is 8.18. The lowest BCUT2D eigenvalue weighted by Gasteiger charge is -2.24. The highest BCUT2D eigenvalue weighted by atomic mass is 15.0. The monoisotopic (exact) mass is 769 g/mol. The number of benzene rings is 8. The minimum atomic E-state index is -0.0942. The van der Waals surface area contributed by atoms with E-state index in [0.717, 1.165) is 33.4 Å². The van der Waals surface area contributed by atoms with Crippen LogP contribution in [0.5, 0.6) is 0 Å². The summed E-state index contributed by atoms with van der Waals surface area (Å²) >= 11 is 0. The van der Waals surface area contributed by atoms with Crippen LogP contribution in [0.3, 0.4) is 0 Å². The Morgan fingerprint density at radius 3 is 1.23 bits per heavy atom. The van der Waals surface area contributed by atoms with Gasteiger partial charge in [-0.2, -0.15) is 0 Å². The van der Waals surface area contributed by atoms with Crippen molar-refractivity contribution in [2.75, 3.05) is 0 Å². The third-order valence-corrected chi connectivity index (χ3v) is 12.9. The Bertz CT molecular complexity index is 3120. The quantitative estimate of drug-likeness (QED) is 0.169. The predicted octanol–water partition coefficient (Wildman–Crippen LogP) is 14.5. The van der Waals surface area contributed by atoms with Crippen LogP contribution in [-0.2, 0) is 10.8 Å². The summed E-state index contributed by atoms with van der Waals surface area (Å²) in [5.41, 5.74) is 20.7. The maximum Gasteiger partial charge on any atom is 0.164 e. The van der Waals surface area contributed by atoms with Gasteiger partial charge in [-0.3, -0.25) is 0 Å². The summed E-state index contributed by atoms with van der Waals surface area (Å²) in [6, 6.07) is 67.5. The first kappa shape index (κ1) is 35.9. The summed E-state index contributed by atoms with van der Waals surface area (Å²) in [6.07, 6.45) is 0. The summed E-state index contributed by atoms with van der Waals surface area (Å²) in [5, 5.41) is 0. The van der Waals surface area contributed by atoms with Gasteiger partial charge in [-0.25, -0.2) is 15.0 Å². The van der Waals surface area contributed by atoms with Crippen LogP contribution in [0.2, 0.25) is 0 Å². The van der Waals surface area contributed by atoms with Crippen LogP contribution in [0.25, 0.3) is 89.8 Å². The van der Waals surface area contributed by atoms with E-state index in [1.165, 1.54) is 61.2 Å². The Hall–Kier alpha value is -7.23. The van der Waals surface area contributed by atoms with Crippen LogP contribution in [0.1, 0.15) is 49.9 Å². The van der Waals surface area contributed by atoms with Crippen LogP contribution in [0.4, 0.5) is 0 Å². The zero-order valence-corrected chi connectivity index (χ0v) is 34.2. The molecule has 0 atom stereocenters. The highest BCUT2D eigenvalue weighted by molar-refractivity contribution is 5.91. The average molecular weight is 770 g/mol. The molecule has 0 spiro atoms. The minimum absolute atomic E-state index is 0.0472. The summed E-state index contributed by atoms with van der Waals surface area (Å²) in [5.74, 6) is 1.93. The molecule has 2 aliphatic carbocycles. The number of hydrogen-bond acceptors (Lipinski definition) is 3. The zero-order chi connectivity index (χ0) is 40.6. The minimum Gasteiger partial charge on any atom is -0.208 e. The van der Waals surface area contributed by atoms with Gasteiger partial charge in [0.2, 0.25) is 0 Å². The molecule has 0 saturated heterocycles. The molecule has 0 amide bonds. The second-order valence-electron chi connectivity index (χ2n) is 17.3. The molecule has 0 saturated carbocycles. The van der Waals surface area contributed by atoms with Crippen molar-refractivity contribution in [2.45, 2.75) is 38.5 Å². The van der Waals surface area contributed by atoms with Crippen LogP contribution in [0.15, 0.2) is 188 Å². The molecule has 60 heavy (non-hydrogen) atoms. The van der Waals surface area contributed by atoms with Crippen molar-refractivity contribution in [1.82, 2.24) is 15.0 Å². The molecule has 0 N–H and O–H groups in total. The number of rotatable bonds is 6. The lowest BCUT2D eigenvalue weighted by atomic mass is 9.79. The van der Waals surface area contributed by atoms with Crippen LogP contribution < -0.4 is 0 Å². The zero-order valence-electron chi connectivity index (χ0n) is 34.2. The summed E-state index contributed by atoms with van der Waals surface area (Å²) in [6.45, 7) is 9.50. The Balaban J connectivity index is 0.955. The summed E-state index contributed by atoms with van der Waals surface area (Å²) in [7, 11) is 0. The Morgan fingerprint density at radius 1 is 0.250 bits per heavy atom. The maximum atomic E-state index is 5.09. The first-order valence-electron chi connectivity index (χ1n) is 20.8. The number of fused-ring (bicyclic) bond motifs is 6. The van der Waals surface area contributed by atoms with Crippen molar-refractivity contribution < 1.29 is 0 Å². The van der Waals surface area contributed by atoms with Crippen molar-refractivity contribution >= 4 is 0 Å². The van der Waals surface area contributed by atoms with Crippen LogP contribution in [0, 0.1) is 0 Å². The molecule has 1 aromatic heterocycles. The van der Waals surface area contributed by atoms with Gasteiger partial charge in [0.1, 0.15) is 0 Å². The third kappa shape index (κ3) is 5.84. The van der Waals surface area contributed by atoms with Gasteiger partial charge < -0.3 is 0 Å². The van der Waals surface area contributed by atoms with E-state index in [2.05, 4.69) is 179 Å². The predicted molar refractivity (Wildman–Crippen MR) is 248 cm³/mol. The molecule has 0 fully saturated rings. The first-order chi connectivity index (χ1) is 29.2. The van der Waals surface area contributed by atoms with E-state index >= 15 is 0 Å². The molecular formula is C57H43N3. The van der Waals surface area contributed by atoms with Gasteiger partial charge >= 0.3 is 0 Å². The Labute approximate surface area is 352 Å². The largest absolute Gasteiger partial charge is 0.208 e. The van der Waals surface area contributed by atoms with Gasteiger partial charge in [0.15, 0.2) is 17.5 Å². The highest BCUT2D eigenvalue weighted by Crippen LogP contribution is 2.56. The SMILES string of the molecule is CC1(C)c2ccccc2-c2cc3c(cc21)-c1cc(-c2cccc(-c4cccc(-c5nc(-c6ccccc6)nc(-c6ccc(-c7ccccc7)cc6)n5)c4)c2)ccc1C3(C)C. The summed E-state index contributed by atoms with van der Waals surface area (Å²) < 4.78 is 0. The average Bonchev–Trinajstić information content (AvgIpc) is 3.67. The van der Waals surface area contributed by atoms with Gasteiger partial charge in [0.05, 0.1) is 0 Å². The third-order valence-electron chi connectivity index (χ3n) is 12.9. The molecule has 0 aliphatic heterocycles. The maximum absolute atomic E-state index is 5.09. The van der Waals surface area contributed by atoms with Gasteiger partial charge in [-0.15, -0.1) is 0 Å². The fourth-order valence-electron chi connectivity index (χ4n) is 9.63. The molecular weight excluding hydrogens is 727 g/mol. The molecule has 0 radical (unpaired) electrons. The van der Waals surface area contributed by atoms with Gasteiger partial charge in [0, 0.05) is 27.5 Å². The van der Waals surface area contributed by atoms with Gasteiger partial charge in [0.25, 0.3) is 0 Å². The second kappa shape index (κ2) is 13.7. The summed E-state index contributed by atoms with van der Waals surface area (Å²) in [4.78, 5) is 15.1. The first-order valence-corrected chi connectivity index (χ1v) is 20.8. The lowest BCUT2D eigenvalue weighted by Crippen LogP contribution is -2.16. The van der Waals surface area contributed by atoms with E-state index in [4.69, 9.17) is 15.0 Å². The van der Waals surface area contributed by atoms with E-state index in [9.17, 15) is 0 Å². The molecule has 11 rings (SSSR count). The molecule has 3 nitrogen and oxygen atoms in total. The molecule has 0 unspecified atom stereocenters.